The van der Waals surface area contributed by atoms with Crippen molar-refractivity contribution < 1.29 is 22.9 Å². The van der Waals surface area contributed by atoms with Gasteiger partial charge >= 0.3 is 0 Å². The highest BCUT2D eigenvalue weighted by Crippen LogP contribution is 2.28. The van der Waals surface area contributed by atoms with E-state index < -0.39 is 20.9 Å². The molecule has 0 heterocycles. The number of nitro benzene ring substituents is 1. The van der Waals surface area contributed by atoms with Gasteiger partial charge in [-0.3, -0.25) is 14.9 Å². The average molecular weight is 414 g/mol. The van der Waals surface area contributed by atoms with Crippen molar-refractivity contribution in [2.45, 2.75) is 11.3 Å². The third-order valence-electron chi connectivity index (χ3n) is 3.44. The maximum absolute atomic E-state index is 12.1. The molecule has 0 saturated heterocycles. The van der Waals surface area contributed by atoms with E-state index in [0.29, 0.717) is 5.02 Å². The molecule has 0 aliphatic carbocycles. The van der Waals surface area contributed by atoms with Crippen molar-refractivity contribution in [1.82, 2.24) is 4.72 Å². The smallest absolute Gasteiger partial charge is 0.271 e. The van der Waals surface area contributed by atoms with Gasteiger partial charge in [-0.25, -0.2) is 13.1 Å². The van der Waals surface area contributed by atoms with Crippen LogP contribution in [0.4, 0.5) is 11.4 Å². The Kier molecular flexibility index (Phi) is 6.72. The minimum Gasteiger partial charge on any atom is -0.495 e. The summed E-state index contributed by atoms with van der Waals surface area (Å²) in [5, 5.41) is 13.7. The van der Waals surface area contributed by atoms with Gasteiger partial charge in [0.2, 0.25) is 15.9 Å². The van der Waals surface area contributed by atoms with E-state index >= 15 is 0 Å². The minimum atomic E-state index is -3.78. The zero-order valence-electron chi connectivity index (χ0n) is 14.1. The van der Waals surface area contributed by atoms with Crippen LogP contribution in [-0.4, -0.2) is 32.9 Å². The first-order chi connectivity index (χ1) is 12.7. The van der Waals surface area contributed by atoms with Gasteiger partial charge in [0.1, 0.15) is 5.75 Å². The summed E-state index contributed by atoms with van der Waals surface area (Å²) in [7, 11) is -2.42. The number of hydrogen-bond acceptors (Lipinski definition) is 6. The lowest BCUT2D eigenvalue weighted by Gasteiger charge is -2.10. The standard InChI is InChI=1S/C16H16ClN3O6S/c1-26-15-7-4-12(20(22)23)10-14(15)19-16(21)8-9-18-27(24,25)13-5-2-11(17)3-6-13/h2-7,10,18H,8-9H2,1H3,(H,19,21). The van der Waals surface area contributed by atoms with Crippen LogP contribution in [0.5, 0.6) is 5.75 Å². The van der Waals surface area contributed by atoms with Gasteiger partial charge in [0.15, 0.2) is 0 Å². The molecule has 0 aliphatic heterocycles. The number of nitrogens with one attached hydrogen (secondary N) is 2. The van der Waals surface area contributed by atoms with E-state index in [4.69, 9.17) is 16.3 Å². The van der Waals surface area contributed by atoms with E-state index in [1.54, 1.807) is 0 Å². The predicted molar refractivity (Wildman–Crippen MR) is 99.5 cm³/mol. The molecular weight excluding hydrogens is 398 g/mol. The molecule has 0 bridgehead atoms. The van der Waals surface area contributed by atoms with E-state index in [0.717, 1.165) is 6.07 Å². The highest BCUT2D eigenvalue weighted by Gasteiger charge is 2.16. The molecule has 0 aromatic heterocycles. The predicted octanol–water partition coefficient (Wildman–Crippen LogP) is 2.56. The lowest BCUT2D eigenvalue weighted by atomic mass is 10.2. The lowest BCUT2D eigenvalue weighted by molar-refractivity contribution is -0.384. The van der Waals surface area contributed by atoms with Gasteiger partial charge in [0, 0.05) is 30.1 Å². The summed E-state index contributed by atoms with van der Waals surface area (Å²) in [5.74, 6) is -0.289. The van der Waals surface area contributed by atoms with Crippen LogP contribution >= 0.6 is 11.6 Å². The van der Waals surface area contributed by atoms with Gasteiger partial charge < -0.3 is 10.1 Å². The average Bonchev–Trinajstić information content (AvgIpc) is 2.61. The number of carbonyl (C=O) groups excluding carboxylic acids is 1. The molecule has 0 saturated carbocycles. The topological polar surface area (TPSA) is 128 Å². The molecule has 2 aromatic rings. The quantitative estimate of drug-likeness (QED) is 0.505. The van der Waals surface area contributed by atoms with Gasteiger partial charge in [0.25, 0.3) is 5.69 Å². The molecule has 11 heteroatoms. The zero-order valence-corrected chi connectivity index (χ0v) is 15.7. The molecule has 144 valence electrons. The van der Waals surface area contributed by atoms with Crippen LogP contribution in [0.15, 0.2) is 47.4 Å². The summed E-state index contributed by atoms with van der Waals surface area (Å²) in [6.45, 7) is -0.159. The third-order valence-corrected chi connectivity index (χ3v) is 5.16. The second-order valence-corrected chi connectivity index (χ2v) is 7.49. The van der Waals surface area contributed by atoms with Crippen molar-refractivity contribution in [3.8, 4) is 5.75 Å². The Morgan fingerprint density at radius 1 is 1.22 bits per heavy atom. The number of methoxy groups -OCH3 is 1. The highest BCUT2D eigenvalue weighted by atomic mass is 35.5. The van der Waals surface area contributed by atoms with E-state index in [2.05, 4.69) is 10.0 Å². The Labute approximate surface area is 160 Å². The number of hydrogen-bond donors (Lipinski definition) is 2. The number of nitrogens with zero attached hydrogens (tertiary/aromatic N) is 1. The molecular formula is C16H16ClN3O6S. The van der Waals surface area contributed by atoms with Crippen molar-refractivity contribution >= 4 is 38.9 Å². The summed E-state index contributed by atoms with van der Waals surface area (Å²) in [4.78, 5) is 22.3. The molecule has 9 nitrogen and oxygen atoms in total. The molecule has 27 heavy (non-hydrogen) atoms. The highest BCUT2D eigenvalue weighted by molar-refractivity contribution is 7.89. The first-order valence-corrected chi connectivity index (χ1v) is 9.46. The Morgan fingerprint density at radius 3 is 2.48 bits per heavy atom. The van der Waals surface area contributed by atoms with E-state index in [-0.39, 0.29) is 35.0 Å². The fraction of sp³-hybridized carbons (Fsp3) is 0.188. The first-order valence-electron chi connectivity index (χ1n) is 7.60. The SMILES string of the molecule is COc1ccc([N+](=O)[O-])cc1NC(=O)CCNS(=O)(=O)c1ccc(Cl)cc1. The Balaban J connectivity index is 1.97. The second kappa shape index (κ2) is 8.80. The normalized spacial score (nSPS) is 11.0. The number of anilines is 1. The number of benzene rings is 2. The fourth-order valence-electron chi connectivity index (χ4n) is 2.12. The van der Waals surface area contributed by atoms with Crippen LogP contribution in [0.25, 0.3) is 0 Å². The summed E-state index contributed by atoms with van der Waals surface area (Å²) in [6.07, 6.45) is -0.182. The number of non-ortho nitro benzene ring substituents is 1. The maximum Gasteiger partial charge on any atom is 0.271 e. The zero-order chi connectivity index (χ0) is 20.0. The van der Waals surface area contributed by atoms with Crippen molar-refractivity contribution in [2.24, 2.45) is 0 Å². The largest absolute Gasteiger partial charge is 0.495 e. The molecule has 0 atom stereocenters. The summed E-state index contributed by atoms with van der Waals surface area (Å²) in [6, 6.07) is 9.34. The Bertz CT molecular complexity index is 947. The van der Waals surface area contributed by atoms with Crippen molar-refractivity contribution in [1.29, 1.82) is 0 Å². The number of ether oxygens (including phenoxy) is 1. The van der Waals surface area contributed by atoms with E-state index in [9.17, 15) is 23.3 Å². The van der Waals surface area contributed by atoms with Crippen molar-refractivity contribution in [3.63, 3.8) is 0 Å². The van der Waals surface area contributed by atoms with Crippen LogP contribution in [0.3, 0.4) is 0 Å². The molecule has 2 aromatic carbocycles. The molecule has 0 radical (unpaired) electrons. The summed E-state index contributed by atoms with van der Waals surface area (Å²) in [5.41, 5.74) is -0.0909. The second-order valence-electron chi connectivity index (χ2n) is 5.29. The fourth-order valence-corrected chi connectivity index (χ4v) is 3.27. The van der Waals surface area contributed by atoms with Crippen LogP contribution in [0.1, 0.15) is 6.42 Å². The van der Waals surface area contributed by atoms with Crippen LogP contribution < -0.4 is 14.8 Å². The van der Waals surface area contributed by atoms with Crippen molar-refractivity contribution in [2.75, 3.05) is 19.0 Å². The van der Waals surface area contributed by atoms with Gasteiger partial charge in [-0.05, 0) is 30.3 Å². The molecule has 0 fully saturated rings. The number of rotatable bonds is 8. The van der Waals surface area contributed by atoms with E-state index in [1.807, 2.05) is 0 Å². The molecule has 0 spiro atoms. The monoisotopic (exact) mass is 413 g/mol. The molecule has 2 N–H and O–H groups in total. The number of amides is 1. The number of halogens is 1. The van der Waals surface area contributed by atoms with E-state index in [1.165, 1.54) is 43.5 Å². The molecule has 0 aliphatic rings. The Hall–Kier alpha value is -2.69. The summed E-state index contributed by atoms with van der Waals surface area (Å²) >= 11 is 5.72. The number of sulfonamides is 1. The molecule has 0 unspecified atom stereocenters. The van der Waals surface area contributed by atoms with Crippen LogP contribution in [-0.2, 0) is 14.8 Å². The molecule has 2 rings (SSSR count). The third kappa shape index (κ3) is 5.64. The van der Waals surface area contributed by atoms with Gasteiger partial charge in [-0.15, -0.1) is 0 Å². The maximum atomic E-state index is 12.1. The molecule has 1 amide bonds. The summed E-state index contributed by atoms with van der Waals surface area (Å²) < 4.78 is 31.6. The lowest BCUT2D eigenvalue weighted by Crippen LogP contribution is -2.27. The Morgan fingerprint density at radius 2 is 1.89 bits per heavy atom. The van der Waals surface area contributed by atoms with Gasteiger partial charge in [-0.1, -0.05) is 11.6 Å². The number of carbonyl (C=O) groups is 1. The minimum absolute atomic E-state index is 0.0210. The van der Waals surface area contributed by atoms with Crippen molar-refractivity contribution in [3.05, 3.63) is 57.6 Å². The first kappa shape index (κ1) is 20.6. The van der Waals surface area contributed by atoms with Gasteiger partial charge in [-0.2, -0.15) is 0 Å². The van der Waals surface area contributed by atoms with Crippen LogP contribution in [0, 0.1) is 10.1 Å². The van der Waals surface area contributed by atoms with Crippen LogP contribution in [0.2, 0.25) is 5.02 Å². The van der Waals surface area contributed by atoms with Gasteiger partial charge in [0.05, 0.1) is 22.6 Å². The number of nitro groups is 1.